The van der Waals surface area contributed by atoms with E-state index >= 15 is 0 Å². The lowest BCUT2D eigenvalue weighted by molar-refractivity contribution is -0.137. The number of hydrazone groups is 1. The Morgan fingerprint density at radius 2 is 1.86 bits per heavy atom. The Bertz CT molecular complexity index is 1410. The molecule has 6 N–H and O–H groups in total. The van der Waals surface area contributed by atoms with Crippen molar-refractivity contribution in [1.82, 2.24) is 21.0 Å². The number of ether oxygens (including phenoxy) is 1. The topological polar surface area (TPSA) is 145 Å². The number of piperazine rings is 1. The van der Waals surface area contributed by atoms with Crippen molar-refractivity contribution >= 4 is 41.7 Å². The van der Waals surface area contributed by atoms with Gasteiger partial charge in [0.15, 0.2) is 5.84 Å². The van der Waals surface area contributed by atoms with Gasteiger partial charge in [0.1, 0.15) is 5.70 Å². The third-order valence-corrected chi connectivity index (χ3v) is 6.84. The molecule has 2 aliphatic heterocycles. The average molecular weight is 607 g/mol. The van der Waals surface area contributed by atoms with Gasteiger partial charge >= 0.3 is 6.18 Å². The number of nitrogens with zero attached hydrogens (tertiary/aromatic N) is 3. The SMILES string of the molecule is C=NC/C(NCC(=O)Nc1ccc(C(F)(F)F)cc1Cl)=C(/C(=O)N/N=C(\N)c1ccc2c(c1)COC2)N1CCNCC1. The van der Waals surface area contributed by atoms with Gasteiger partial charge in [-0.25, -0.2) is 5.43 Å². The van der Waals surface area contributed by atoms with E-state index in [0.29, 0.717) is 50.7 Å². The molecule has 0 unspecified atom stereocenters. The van der Waals surface area contributed by atoms with Crippen LogP contribution in [0, 0.1) is 0 Å². The molecule has 0 aliphatic carbocycles. The monoisotopic (exact) mass is 606 g/mol. The number of amidine groups is 1. The zero-order valence-electron chi connectivity index (χ0n) is 22.5. The molecule has 0 bridgehead atoms. The highest BCUT2D eigenvalue weighted by atomic mass is 35.5. The van der Waals surface area contributed by atoms with Crippen LogP contribution in [0.4, 0.5) is 18.9 Å². The van der Waals surface area contributed by atoms with Crippen LogP contribution in [0.2, 0.25) is 5.02 Å². The third kappa shape index (κ3) is 7.78. The van der Waals surface area contributed by atoms with Gasteiger partial charge in [0, 0.05) is 31.7 Å². The summed E-state index contributed by atoms with van der Waals surface area (Å²) < 4.78 is 44.2. The quantitative estimate of drug-likeness (QED) is 0.121. The first kappa shape index (κ1) is 30.8. The number of fused-ring (bicyclic) bond motifs is 1. The highest BCUT2D eigenvalue weighted by Crippen LogP contribution is 2.33. The first-order valence-electron chi connectivity index (χ1n) is 12.9. The smallest absolute Gasteiger partial charge is 0.382 e. The predicted molar refractivity (Wildman–Crippen MR) is 153 cm³/mol. The van der Waals surface area contributed by atoms with Crippen LogP contribution < -0.4 is 27.1 Å². The Labute approximate surface area is 245 Å². The summed E-state index contributed by atoms with van der Waals surface area (Å²) in [6.45, 7) is 6.34. The second-order valence-corrected chi connectivity index (χ2v) is 9.86. The van der Waals surface area contributed by atoms with Crippen molar-refractivity contribution in [3.05, 3.63) is 75.1 Å². The van der Waals surface area contributed by atoms with E-state index in [0.717, 1.165) is 29.3 Å². The predicted octanol–water partition coefficient (Wildman–Crippen LogP) is 2.17. The number of nitrogens with two attached hydrogens (primary N) is 1. The van der Waals surface area contributed by atoms with Crippen molar-refractivity contribution in [2.75, 3.05) is 44.6 Å². The van der Waals surface area contributed by atoms with Crippen molar-refractivity contribution < 1.29 is 27.5 Å². The number of nitrogens with one attached hydrogen (secondary N) is 4. The molecular weight excluding hydrogens is 577 g/mol. The largest absolute Gasteiger partial charge is 0.416 e. The van der Waals surface area contributed by atoms with Crippen LogP contribution >= 0.6 is 11.6 Å². The van der Waals surface area contributed by atoms with E-state index in [1.54, 1.807) is 6.07 Å². The Hall–Kier alpha value is -4.14. The molecule has 1 saturated heterocycles. The molecule has 15 heteroatoms. The van der Waals surface area contributed by atoms with E-state index < -0.39 is 23.6 Å². The number of carbonyl (C=O) groups excluding carboxylic acids is 2. The molecule has 0 aromatic heterocycles. The highest BCUT2D eigenvalue weighted by molar-refractivity contribution is 6.33. The second-order valence-electron chi connectivity index (χ2n) is 9.45. The minimum atomic E-state index is -4.57. The van der Waals surface area contributed by atoms with Gasteiger partial charge in [-0.2, -0.15) is 18.3 Å². The molecule has 0 atom stereocenters. The van der Waals surface area contributed by atoms with Gasteiger partial charge in [-0.15, -0.1) is 0 Å². The molecule has 224 valence electrons. The normalized spacial score (nSPS) is 15.9. The number of aliphatic imine (C=N–C) groups is 1. The fraction of sp³-hybridized carbons (Fsp3) is 0.333. The van der Waals surface area contributed by atoms with Crippen molar-refractivity contribution in [1.29, 1.82) is 0 Å². The summed E-state index contributed by atoms with van der Waals surface area (Å²) in [5.41, 5.74) is 10.9. The summed E-state index contributed by atoms with van der Waals surface area (Å²) in [5, 5.41) is 12.4. The van der Waals surface area contributed by atoms with E-state index in [4.69, 9.17) is 22.1 Å². The van der Waals surface area contributed by atoms with Crippen LogP contribution in [0.5, 0.6) is 0 Å². The molecule has 0 radical (unpaired) electrons. The third-order valence-electron chi connectivity index (χ3n) is 6.53. The second kappa shape index (κ2) is 13.7. The molecular formula is C27H30ClF3N8O3. The lowest BCUT2D eigenvalue weighted by atomic mass is 10.1. The van der Waals surface area contributed by atoms with E-state index in [-0.39, 0.29) is 35.3 Å². The van der Waals surface area contributed by atoms with Crippen molar-refractivity contribution in [2.24, 2.45) is 15.8 Å². The van der Waals surface area contributed by atoms with Crippen LogP contribution in [0.3, 0.4) is 0 Å². The Balaban J connectivity index is 1.51. The molecule has 2 heterocycles. The van der Waals surface area contributed by atoms with Crippen LogP contribution in [-0.4, -0.2) is 68.5 Å². The fourth-order valence-corrected chi connectivity index (χ4v) is 4.65. The number of rotatable bonds is 10. The number of carbonyl (C=O) groups is 2. The summed E-state index contributed by atoms with van der Waals surface area (Å²) in [5.74, 6) is -1.09. The van der Waals surface area contributed by atoms with Crippen LogP contribution in [0.15, 0.2) is 57.9 Å². The van der Waals surface area contributed by atoms with Gasteiger partial charge in [0.05, 0.1) is 48.3 Å². The average Bonchev–Trinajstić information content (AvgIpc) is 3.44. The van der Waals surface area contributed by atoms with Crippen molar-refractivity contribution in [3.8, 4) is 0 Å². The summed E-state index contributed by atoms with van der Waals surface area (Å²) >= 11 is 5.96. The maximum absolute atomic E-state index is 13.4. The molecule has 11 nitrogen and oxygen atoms in total. The van der Waals surface area contributed by atoms with Gasteiger partial charge in [0.2, 0.25) is 5.91 Å². The van der Waals surface area contributed by atoms with Gasteiger partial charge in [0.25, 0.3) is 5.91 Å². The molecule has 2 aromatic rings. The van der Waals surface area contributed by atoms with E-state index in [1.165, 1.54) is 0 Å². The first-order chi connectivity index (χ1) is 20.1. The summed E-state index contributed by atoms with van der Waals surface area (Å²) in [7, 11) is 0. The molecule has 0 saturated carbocycles. The van der Waals surface area contributed by atoms with Gasteiger partial charge in [-0.05, 0) is 42.1 Å². The van der Waals surface area contributed by atoms with Gasteiger partial charge in [-0.3, -0.25) is 14.6 Å². The molecule has 2 amide bonds. The zero-order chi connectivity index (χ0) is 30.3. The van der Waals surface area contributed by atoms with Crippen LogP contribution in [-0.2, 0) is 33.7 Å². The number of anilines is 1. The minimum Gasteiger partial charge on any atom is -0.382 e. The fourth-order valence-electron chi connectivity index (χ4n) is 4.42. The number of benzene rings is 2. The van der Waals surface area contributed by atoms with Gasteiger partial charge < -0.3 is 31.3 Å². The van der Waals surface area contributed by atoms with Crippen LogP contribution in [0.25, 0.3) is 0 Å². The molecule has 0 spiro atoms. The lowest BCUT2D eigenvalue weighted by Gasteiger charge is -2.32. The number of amides is 2. The summed E-state index contributed by atoms with van der Waals surface area (Å²) in [6, 6.07) is 8.17. The van der Waals surface area contributed by atoms with E-state index in [1.807, 2.05) is 17.0 Å². The molecule has 2 aliphatic rings. The highest BCUT2D eigenvalue weighted by Gasteiger charge is 2.31. The maximum Gasteiger partial charge on any atom is 0.416 e. The molecule has 4 rings (SSSR count). The number of hydrogen-bond acceptors (Lipinski definition) is 8. The maximum atomic E-state index is 13.4. The Morgan fingerprint density at radius 3 is 2.55 bits per heavy atom. The first-order valence-corrected chi connectivity index (χ1v) is 13.3. The minimum absolute atomic E-state index is 0.00634. The van der Waals surface area contributed by atoms with E-state index in [9.17, 15) is 22.8 Å². The van der Waals surface area contributed by atoms with Crippen molar-refractivity contribution in [2.45, 2.75) is 19.4 Å². The molecule has 2 aromatic carbocycles. The Kier molecular flexibility index (Phi) is 10.0. The number of hydrogen-bond donors (Lipinski definition) is 5. The summed E-state index contributed by atoms with van der Waals surface area (Å²) in [4.78, 5) is 31.8. The van der Waals surface area contributed by atoms with Crippen molar-refractivity contribution in [3.63, 3.8) is 0 Å². The summed E-state index contributed by atoms with van der Waals surface area (Å²) in [6.07, 6.45) is -4.57. The zero-order valence-corrected chi connectivity index (χ0v) is 23.2. The number of alkyl halides is 3. The lowest BCUT2D eigenvalue weighted by Crippen LogP contribution is -2.47. The molecule has 42 heavy (non-hydrogen) atoms. The Morgan fingerprint density at radius 1 is 1.12 bits per heavy atom. The van der Waals surface area contributed by atoms with Gasteiger partial charge in [-0.1, -0.05) is 23.7 Å². The van der Waals surface area contributed by atoms with Crippen LogP contribution in [0.1, 0.15) is 22.3 Å². The standard InChI is InChI=1S/C27H30ClF3N8O3/c1-33-12-22(35-13-23(40)36-21-5-4-19(11-20(21)28)27(29,30)31)24(39-8-6-34-7-9-39)26(41)38-37-25(32)16-2-3-17-14-42-15-18(17)10-16/h2-5,10-11,34-35H,1,6-9,12-15H2,(H2,32,37)(H,36,40)(H,38,41)/b24-22+. The number of halogens is 4. The van der Waals surface area contributed by atoms with E-state index in [2.05, 4.69) is 38.2 Å². The molecule has 1 fully saturated rings.